The van der Waals surface area contributed by atoms with Crippen LogP contribution in [0.3, 0.4) is 0 Å². The molecule has 1 fully saturated rings. The lowest BCUT2D eigenvalue weighted by atomic mass is 10.2. The minimum Gasteiger partial charge on any atom is -0.383 e. The Morgan fingerprint density at radius 1 is 1.19 bits per heavy atom. The van der Waals surface area contributed by atoms with E-state index in [0.29, 0.717) is 11.9 Å². The number of hydrogen-bond donors (Lipinski definition) is 1. The van der Waals surface area contributed by atoms with Crippen molar-refractivity contribution in [3.63, 3.8) is 0 Å². The van der Waals surface area contributed by atoms with E-state index in [0.717, 1.165) is 30.0 Å². The van der Waals surface area contributed by atoms with Crippen molar-refractivity contribution in [3.8, 4) is 0 Å². The maximum absolute atomic E-state index is 6.07. The second-order valence-electron chi connectivity index (χ2n) is 5.99. The van der Waals surface area contributed by atoms with Gasteiger partial charge < -0.3 is 15.0 Å². The Balaban J connectivity index is 1.85. The summed E-state index contributed by atoms with van der Waals surface area (Å²) < 4.78 is 8.20. The Bertz CT molecular complexity index is 656. The number of nitrogen functional groups attached to an aromatic ring is 1. The molecule has 0 aromatic carbocycles. The standard InChI is InChI=1S/C16H24N4O/c1-10-11(2)20(8-9-21-13-6-4-5-7-13)16-14(10)15(17)18-12(3)19-16/h13H,4-9H2,1-3H3,(H2,17,18,19). The third kappa shape index (κ3) is 2.62. The van der Waals surface area contributed by atoms with E-state index in [4.69, 9.17) is 10.5 Å². The predicted octanol–water partition coefficient (Wildman–Crippen LogP) is 2.90. The number of nitrogens with zero attached hydrogens (tertiary/aromatic N) is 3. The van der Waals surface area contributed by atoms with Crippen LogP contribution in [-0.2, 0) is 11.3 Å². The molecule has 0 aliphatic heterocycles. The van der Waals surface area contributed by atoms with Gasteiger partial charge >= 0.3 is 0 Å². The molecule has 2 N–H and O–H groups in total. The van der Waals surface area contributed by atoms with Gasteiger partial charge in [0.05, 0.1) is 18.1 Å². The molecule has 0 amide bonds. The number of fused-ring (bicyclic) bond motifs is 1. The van der Waals surface area contributed by atoms with Gasteiger partial charge in [-0.05, 0) is 39.2 Å². The number of nitrogens with two attached hydrogens (primary N) is 1. The summed E-state index contributed by atoms with van der Waals surface area (Å²) in [5, 5.41) is 0.985. The van der Waals surface area contributed by atoms with Crippen LogP contribution in [0.25, 0.3) is 11.0 Å². The van der Waals surface area contributed by atoms with Crippen LogP contribution < -0.4 is 5.73 Å². The number of aromatic nitrogens is 3. The van der Waals surface area contributed by atoms with Gasteiger partial charge in [-0.25, -0.2) is 9.97 Å². The summed E-state index contributed by atoms with van der Waals surface area (Å²) in [6.07, 6.45) is 5.47. The molecule has 0 unspecified atom stereocenters. The molecule has 1 aliphatic rings. The van der Waals surface area contributed by atoms with Crippen LogP contribution in [0.2, 0.25) is 0 Å². The van der Waals surface area contributed by atoms with Crippen LogP contribution in [0, 0.1) is 20.8 Å². The van der Waals surface area contributed by atoms with Crippen molar-refractivity contribution < 1.29 is 4.74 Å². The van der Waals surface area contributed by atoms with Gasteiger partial charge in [-0.3, -0.25) is 0 Å². The summed E-state index contributed by atoms with van der Waals surface area (Å²) >= 11 is 0. The Morgan fingerprint density at radius 2 is 1.90 bits per heavy atom. The number of rotatable bonds is 4. The minimum atomic E-state index is 0.453. The summed E-state index contributed by atoms with van der Waals surface area (Å²) in [5.41, 5.74) is 9.38. The van der Waals surface area contributed by atoms with Crippen LogP contribution in [-0.4, -0.2) is 27.2 Å². The topological polar surface area (TPSA) is 66.0 Å². The van der Waals surface area contributed by atoms with E-state index < -0.39 is 0 Å². The Hall–Kier alpha value is -1.62. The Labute approximate surface area is 125 Å². The fourth-order valence-corrected chi connectivity index (χ4v) is 3.32. The van der Waals surface area contributed by atoms with Crippen LogP contribution in [0.5, 0.6) is 0 Å². The van der Waals surface area contributed by atoms with Gasteiger partial charge in [0.2, 0.25) is 0 Å². The third-order valence-corrected chi connectivity index (χ3v) is 4.58. The fraction of sp³-hybridized carbons (Fsp3) is 0.625. The highest BCUT2D eigenvalue weighted by atomic mass is 16.5. The summed E-state index contributed by atoms with van der Waals surface area (Å²) in [6, 6.07) is 0. The lowest BCUT2D eigenvalue weighted by Gasteiger charge is -2.13. The average Bonchev–Trinajstić information content (AvgIpc) is 3.01. The molecule has 114 valence electrons. The lowest BCUT2D eigenvalue weighted by molar-refractivity contribution is 0.0532. The van der Waals surface area contributed by atoms with Gasteiger partial charge in [-0.2, -0.15) is 0 Å². The molecule has 5 nitrogen and oxygen atoms in total. The monoisotopic (exact) mass is 288 g/mol. The molecular formula is C16H24N4O. The van der Waals surface area contributed by atoms with Crippen molar-refractivity contribution >= 4 is 16.9 Å². The maximum Gasteiger partial charge on any atom is 0.146 e. The largest absolute Gasteiger partial charge is 0.383 e. The van der Waals surface area contributed by atoms with Crippen molar-refractivity contribution in [2.75, 3.05) is 12.3 Å². The zero-order chi connectivity index (χ0) is 15.0. The fourth-order valence-electron chi connectivity index (χ4n) is 3.32. The molecule has 1 saturated carbocycles. The van der Waals surface area contributed by atoms with E-state index in [1.807, 2.05) is 6.92 Å². The smallest absolute Gasteiger partial charge is 0.146 e. The van der Waals surface area contributed by atoms with Crippen molar-refractivity contribution in [1.29, 1.82) is 0 Å². The highest BCUT2D eigenvalue weighted by Gasteiger charge is 2.18. The molecule has 2 aromatic rings. The molecule has 1 aliphatic carbocycles. The summed E-state index contributed by atoms with van der Waals surface area (Å²) in [4.78, 5) is 8.87. The Morgan fingerprint density at radius 3 is 2.62 bits per heavy atom. The zero-order valence-electron chi connectivity index (χ0n) is 13.1. The van der Waals surface area contributed by atoms with Gasteiger partial charge in [0.25, 0.3) is 0 Å². The van der Waals surface area contributed by atoms with Crippen LogP contribution in [0.4, 0.5) is 5.82 Å². The van der Waals surface area contributed by atoms with Crippen molar-refractivity contribution in [2.24, 2.45) is 0 Å². The molecule has 3 rings (SSSR count). The van der Waals surface area contributed by atoms with Gasteiger partial charge in [0.15, 0.2) is 0 Å². The van der Waals surface area contributed by atoms with E-state index in [1.54, 1.807) is 0 Å². The molecule has 0 radical (unpaired) electrons. The predicted molar refractivity (Wildman–Crippen MR) is 84.4 cm³/mol. The van der Waals surface area contributed by atoms with Gasteiger partial charge in [0, 0.05) is 12.2 Å². The maximum atomic E-state index is 6.07. The first kappa shape index (κ1) is 14.3. The summed E-state index contributed by atoms with van der Waals surface area (Å²) in [7, 11) is 0. The van der Waals surface area contributed by atoms with Crippen LogP contribution >= 0.6 is 0 Å². The van der Waals surface area contributed by atoms with Gasteiger partial charge in [-0.1, -0.05) is 12.8 Å². The van der Waals surface area contributed by atoms with Crippen molar-refractivity contribution in [1.82, 2.24) is 14.5 Å². The third-order valence-electron chi connectivity index (χ3n) is 4.58. The van der Waals surface area contributed by atoms with Crippen LogP contribution in [0.1, 0.15) is 42.8 Å². The SMILES string of the molecule is Cc1nc(N)c2c(C)c(C)n(CCOC3CCCC3)c2n1. The normalized spacial score (nSPS) is 16.1. The first-order chi connectivity index (χ1) is 10.1. The molecule has 21 heavy (non-hydrogen) atoms. The highest BCUT2D eigenvalue weighted by Crippen LogP contribution is 2.28. The molecule has 2 aromatic heterocycles. The van der Waals surface area contributed by atoms with E-state index in [2.05, 4.69) is 28.4 Å². The van der Waals surface area contributed by atoms with Crippen molar-refractivity contribution in [2.45, 2.75) is 59.1 Å². The van der Waals surface area contributed by atoms with E-state index in [-0.39, 0.29) is 0 Å². The van der Waals surface area contributed by atoms with Gasteiger partial charge in [0.1, 0.15) is 17.3 Å². The molecular weight excluding hydrogens is 264 g/mol. The molecule has 5 heteroatoms. The Kier molecular flexibility index (Phi) is 3.85. The molecule has 2 heterocycles. The molecule has 0 atom stereocenters. The number of anilines is 1. The van der Waals surface area contributed by atoms with Crippen molar-refractivity contribution in [3.05, 3.63) is 17.1 Å². The first-order valence-electron chi connectivity index (χ1n) is 7.79. The van der Waals surface area contributed by atoms with E-state index >= 15 is 0 Å². The number of ether oxygens (including phenoxy) is 1. The zero-order valence-corrected chi connectivity index (χ0v) is 13.1. The van der Waals surface area contributed by atoms with Crippen LogP contribution in [0.15, 0.2) is 0 Å². The highest BCUT2D eigenvalue weighted by molar-refractivity contribution is 5.91. The first-order valence-corrected chi connectivity index (χ1v) is 7.79. The quantitative estimate of drug-likeness (QED) is 0.939. The van der Waals surface area contributed by atoms with Gasteiger partial charge in [-0.15, -0.1) is 0 Å². The average molecular weight is 288 g/mol. The number of aryl methyl sites for hydroxylation is 2. The molecule has 0 bridgehead atoms. The lowest BCUT2D eigenvalue weighted by Crippen LogP contribution is -2.14. The molecule has 0 spiro atoms. The van der Waals surface area contributed by atoms with E-state index in [9.17, 15) is 0 Å². The number of hydrogen-bond acceptors (Lipinski definition) is 4. The molecule has 0 saturated heterocycles. The minimum absolute atomic E-state index is 0.453. The summed E-state index contributed by atoms with van der Waals surface area (Å²) in [5.74, 6) is 1.30. The summed E-state index contributed by atoms with van der Waals surface area (Å²) in [6.45, 7) is 7.63. The second-order valence-corrected chi connectivity index (χ2v) is 5.99. The second kappa shape index (κ2) is 5.64. The van der Waals surface area contributed by atoms with E-state index in [1.165, 1.54) is 36.9 Å².